The Morgan fingerprint density at radius 1 is 1.50 bits per heavy atom. The van der Waals surface area contributed by atoms with E-state index in [2.05, 4.69) is 38.8 Å². The van der Waals surface area contributed by atoms with Crippen LogP contribution < -0.4 is 10.6 Å². The highest BCUT2D eigenvalue weighted by Gasteiger charge is 2.46. The third kappa shape index (κ3) is 2.23. The first-order chi connectivity index (χ1) is 9.66. The predicted octanol–water partition coefficient (Wildman–Crippen LogP) is 2.91. The van der Waals surface area contributed by atoms with E-state index in [0.717, 1.165) is 42.6 Å². The number of ether oxygens (including phenoxy) is 1. The zero-order chi connectivity index (χ0) is 14.2. The number of aliphatic imine (C=N–C) groups is 1. The first-order valence-corrected chi connectivity index (χ1v) is 7.92. The minimum Gasteiger partial charge on any atom is -0.378 e. The zero-order valence-electron chi connectivity index (χ0n) is 11.7. The van der Waals surface area contributed by atoms with Crippen LogP contribution in [0.25, 0.3) is 0 Å². The van der Waals surface area contributed by atoms with Crippen LogP contribution in [0.4, 0.5) is 5.69 Å². The molecule has 1 aromatic rings. The van der Waals surface area contributed by atoms with E-state index < -0.39 is 0 Å². The molecule has 108 valence electrons. The van der Waals surface area contributed by atoms with Crippen molar-refractivity contribution < 1.29 is 4.74 Å². The van der Waals surface area contributed by atoms with Gasteiger partial charge in [-0.3, -0.25) is 4.99 Å². The van der Waals surface area contributed by atoms with Gasteiger partial charge in [0.25, 0.3) is 0 Å². The van der Waals surface area contributed by atoms with E-state index in [9.17, 15) is 0 Å². The van der Waals surface area contributed by atoms with Crippen molar-refractivity contribution in [2.24, 2.45) is 10.7 Å². The molecule has 5 heteroatoms. The standard InChI is InChI=1S/C15H20BrN3O/c1-2-11-9-15(7-8-20-11)10-18-14(17)19(15)13-6-4-3-5-12(13)16/h3-6,11H,2,7-10H2,1H3,(H2,17,18). The average Bonchev–Trinajstić information content (AvgIpc) is 2.76. The molecule has 2 N–H and O–H groups in total. The van der Waals surface area contributed by atoms with Crippen LogP contribution in [0.1, 0.15) is 26.2 Å². The molecule has 1 saturated heterocycles. The van der Waals surface area contributed by atoms with Gasteiger partial charge in [-0.2, -0.15) is 0 Å². The van der Waals surface area contributed by atoms with Crippen LogP contribution in [0.15, 0.2) is 33.7 Å². The number of hydrogen-bond donors (Lipinski definition) is 1. The van der Waals surface area contributed by atoms with Gasteiger partial charge in [0.1, 0.15) is 0 Å². The van der Waals surface area contributed by atoms with E-state index in [1.165, 1.54) is 0 Å². The molecule has 20 heavy (non-hydrogen) atoms. The molecule has 2 atom stereocenters. The fourth-order valence-corrected chi connectivity index (χ4v) is 3.70. The first-order valence-electron chi connectivity index (χ1n) is 7.12. The lowest BCUT2D eigenvalue weighted by atomic mass is 9.84. The van der Waals surface area contributed by atoms with Crippen LogP contribution in [0.3, 0.4) is 0 Å². The van der Waals surface area contributed by atoms with Gasteiger partial charge in [0.15, 0.2) is 5.96 Å². The summed E-state index contributed by atoms with van der Waals surface area (Å²) >= 11 is 3.63. The van der Waals surface area contributed by atoms with Gasteiger partial charge < -0.3 is 15.4 Å². The highest BCUT2D eigenvalue weighted by atomic mass is 79.9. The summed E-state index contributed by atoms with van der Waals surface area (Å²) in [5.41, 5.74) is 7.27. The Balaban J connectivity index is 1.98. The first kappa shape index (κ1) is 13.9. The Hall–Kier alpha value is -1.07. The highest BCUT2D eigenvalue weighted by molar-refractivity contribution is 9.10. The van der Waals surface area contributed by atoms with E-state index >= 15 is 0 Å². The van der Waals surface area contributed by atoms with Crippen molar-refractivity contribution in [2.45, 2.75) is 37.8 Å². The van der Waals surface area contributed by atoms with Crippen LogP contribution in [-0.4, -0.2) is 30.8 Å². The molecule has 0 aliphatic carbocycles. The number of rotatable bonds is 2. The minimum atomic E-state index is -0.0209. The molecule has 0 radical (unpaired) electrons. The number of halogens is 1. The van der Waals surface area contributed by atoms with Crippen molar-refractivity contribution in [1.82, 2.24) is 0 Å². The number of nitrogens with zero attached hydrogens (tertiary/aromatic N) is 2. The number of benzene rings is 1. The number of nitrogens with two attached hydrogens (primary N) is 1. The average molecular weight is 338 g/mol. The molecule has 1 spiro atoms. The number of guanidine groups is 1. The second-order valence-corrected chi connectivity index (χ2v) is 6.40. The van der Waals surface area contributed by atoms with Gasteiger partial charge in [-0.05, 0) is 47.3 Å². The molecule has 0 saturated carbocycles. The summed E-state index contributed by atoms with van der Waals surface area (Å²) in [5.74, 6) is 0.619. The van der Waals surface area contributed by atoms with Gasteiger partial charge in [0.05, 0.1) is 23.9 Å². The van der Waals surface area contributed by atoms with Gasteiger partial charge in [0.2, 0.25) is 0 Å². The number of para-hydroxylation sites is 1. The minimum absolute atomic E-state index is 0.0209. The second-order valence-electron chi connectivity index (χ2n) is 5.54. The van der Waals surface area contributed by atoms with E-state index in [1.807, 2.05) is 18.2 Å². The molecule has 2 unspecified atom stereocenters. The van der Waals surface area contributed by atoms with Gasteiger partial charge in [-0.1, -0.05) is 19.1 Å². The maximum absolute atomic E-state index is 6.19. The summed E-state index contributed by atoms with van der Waals surface area (Å²) in [4.78, 5) is 6.74. The summed E-state index contributed by atoms with van der Waals surface area (Å²) in [5, 5.41) is 0. The maximum Gasteiger partial charge on any atom is 0.196 e. The molecular formula is C15H20BrN3O. The molecule has 3 rings (SSSR count). The summed E-state index contributed by atoms with van der Waals surface area (Å²) in [6.07, 6.45) is 3.28. The fourth-order valence-electron chi connectivity index (χ4n) is 3.23. The van der Waals surface area contributed by atoms with E-state index in [1.54, 1.807) is 0 Å². The molecule has 2 aliphatic rings. The normalized spacial score (nSPS) is 29.8. The highest BCUT2D eigenvalue weighted by Crippen LogP contribution is 2.41. The van der Waals surface area contributed by atoms with Gasteiger partial charge in [-0.25, -0.2) is 0 Å². The Kier molecular flexibility index (Phi) is 3.73. The predicted molar refractivity (Wildman–Crippen MR) is 85.1 cm³/mol. The lowest BCUT2D eigenvalue weighted by molar-refractivity contribution is -0.0151. The number of hydrogen-bond acceptors (Lipinski definition) is 4. The lowest BCUT2D eigenvalue weighted by Crippen LogP contribution is -2.56. The van der Waals surface area contributed by atoms with Crippen molar-refractivity contribution in [3.63, 3.8) is 0 Å². The van der Waals surface area contributed by atoms with Crippen molar-refractivity contribution >= 4 is 27.6 Å². The molecule has 0 amide bonds. The van der Waals surface area contributed by atoms with Crippen molar-refractivity contribution in [2.75, 3.05) is 18.1 Å². The van der Waals surface area contributed by atoms with Gasteiger partial charge >= 0.3 is 0 Å². The summed E-state index contributed by atoms with van der Waals surface area (Å²) in [6, 6.07) is 8.19. The maximum atomic E-state index is 6.19. The Morgan fingerprint density at radius 3 is 3.05 bits per heavy atom. The van der Waals surface area contributed by atoms with Crippen LogP contribution in [0, 0.1) is 0 Å². The molecular weight excluding hydrogens is 318 g/mol. The molecule has 0 aromatic heterocycles. The van der Waals surface area contributed by atoms with Gasteiger partial charge in [0, 0.05) is 11.1 Å². The topological polar surface area (TPSA) is 50.9 Å². The SMILES string of the molecule is CCC1CC2(CCO1)CN=C(N)N2c1ccccc1Br. The quantitative estimate of drug-likeness (QED) is 0.902. The van der Waals surface area contributed by atoms with Crippen molar-refractivity contribution in [3.8, 4) is 0 Å². The van der Waals surface area contributed by atoms with Crippen LogP contribution in [0.2, 0.25) is 0 Å². The molecule has 1 fully saturated rings. The molecule has 2 aliphatic heterocycles. The van der Waals surface area contributed by atoms with E-state index in [-0.39, 0.29) is 5.54 Å². The molecule has 0 bridgehead atoms. The van der Waals surface area contributed by atoms with Crippen LogP contribution in [0.5, 0.6) is 0 Å². The third-order valence-corrected chi connectivity index (χ3v) is 4.99. The molecule has 1 aromatic carbocycles. The Morgan fingerprint density at radius 2 is 2.30 bits per heavy atom. The van der Waals surface area contributed by atoms with E-state index in [0.29, 0.717) is 12.1 Å². The summed E-state index contributed by atoms with van der Waals surface area (Å²) in [6.45, 7) is 3.72. The third-order valence-electron chi connectivity index (χ3n) is 4.32. The fraction of sp³-hybridized carbons (Fsp3) is 0.533. The second kappa shape index (κ2) is 5.37. The lowest BCUT2D eigenvalue weighted by Gasteiger charge is -2.44. The summed E-state index contributed by atoms with van der Waals surface area (Å²) < 4.78 is 6.89. The van der Waals surface area contributed by atoms with E-state index in [4.69, 9.17) is 10.5 Å². The zero-order valence-corrected chi connectivity index (χ0v) is 13.3. The Bertz CT molecular complexity index is 534. The van der Waals surface area contributed by atoms with Crippen molar-refractivity contribution in [1.29, 1.82) is 0 Å². The Labute approximate surface area is 128 Å². The van der Waals surface area contributed by atoms with Crippen LogP contribution >= 0.6 is 15.9 Å². The molecule has 4 nitrogen and oxygen atoms in total. The summed E-state index contributed by atoms with van der Waals surface area (Å²) in [7, 11) is 0. The monoisotopic (exact) mass is 337 g/mol. The molecule has 2 heterocycles. The largest absolute Gasteiger partial charge is 0.378 e. The number of anilines is 1. The smallest absolute Gasteiger partial charge is 0.196 e. The van der Waals surface area contributed by atoms with Gasteiger partial charge in [-0.15, -0.1) is 0 Å². The van der Waals surface area contributed by atoms with Crippen LogP contribution in [-0.2, 0) is 4.74 Å². The van der Waals surface area contributed by atoms with Crippen molar-refractivity contribution in [3.05, 3.63) is 28.7 Å².